The first kappa shape index (κ1) is 12.3. The fourth-order valence-electron chi connectivity index (χ4n) is 1.30. The van der Waals surface area contributed by atoms with Gasteiger partial charge >= 0.3 is 0 Å². The minimum absolute atomic E-state index is 0.808. The zero-order chi connectivity index (χ0) is 10.2. The van der Waals surface area contributed by atoms with Crippen LogP contribution in [0.25, 0.3) is 0 Å². The Morgan fingerprint density at radius 1 is 1.50 bits per heavy atom. The Morgan fingerprint density at radius 2 is 2.29 bits per heavy atom. The highest BCUT2D eigenvalue weighted by Gasteiger charge is 2.20. The molecule has 0 amide bonds. The average molecular weight is 217 g/mol. The van der Waals surface area contributed by atoms with Crippen molar-refractivity contribution < 1.29 is 4.74 Å². The smallest absolute Gasteiger partial charge is 0.0470 e. The highest BCUT2D eigenvalue weighted by molar-refractivity contribution is 7.99. The van der Waals surface area contributed by atoms with Gasteiger partial charge in [-0.3, -0.25) is 0 Å². The van der Waals surface area contributed by atoms with Gasteiger partial charge in [0.15, 0.2) is 0 Å². The molecule has 1 aliphatic carbocycles. The second-order valence-electron chi connectivity index (χ2n) is 4.21. The first-order valence-electron chi connectivity index (χ1n) is 5.63. The summed E-state index contributed by atoms with van der Waals surface area (Å²) < 4.78 is 5.01. The molecule has 0 heterocycles. The van der Waals surface area contributed by atoms with E-state index in [9.17, 15) is 0 Å². The van der Waals surface area contributed by atoms with Crippen LogP contribution < -0.4 is 5.32 Å². The monoisotopic (exact) mass is 217 g/mol. The van der Waals surface area contributed by atoms with Crippen LogP contribution in [0.2, 0.25) is 0 Å². The molecule has 1 unspecified atom stereocenters. The van der Waals surface area contributed by atoms with Crippen LogP contribution >= 0.6 is 11.8 Å². The Labute approximate surface area is 92.2 Å². The summed E-state index contributed by atoms with van der Waals surface area (Å²) in [7, 11) is 1.77. The van der Waals surface area contributed by atoms with Gasteiger partial charge in [0.05, 0.1) is 0 Å². The van der Waals surface area contributed by atoms with Crippen molar-refractivity contribution in [3.63, 3.8) is 0 Å². The van der Waals surface area contributed by atoms with Gasteiger partial charge < -0.3 is 10.1 Å². The second kappa shape index (κ2) is 7.55. The van der Waals surface area contributed by atoms with Gasteiger partial charge in [-0.25, -0.2) is 0 Å². The fourth-order valence-corrected chi connectivity index (χ4v) is 2.31. The zero-order valence-corrected chi connectivity index (χ0v) is 10.2. The normalized spacial score (nSPS) is 18.4. The number of nitrogens with one attached hydrogen (secondary N) is 1. The first-order chi connectivity index (χ1) is 6.83. The van der Waals surface area contributed by atoms with E-state index in [0.29, 0.717) is 0 Å². The molecule has 0 radical (unpaired) electrons. The number of thioether (sulfide) groups is 1. The van der Waals surface area contributed by atoms with Crippen LogP contribution in [0.4, 0.5) is 0 Å². The largest absolute Gasteiger partial charge is 0.385 e. The van der Waals surface area contributed by atoms with Gasteiger partial charge in [-0.2, -0.15) is 11.8 Å². The van der Waals surface area contributed by atoms with E-state index in [1.165, 1.54) is 37.3 Å². The summed E-state index contributed by atoms with van der Waals surface area (Å²) in [6, 6.07) is 0.857. The number of methoxy groups -OCH3 is 1. The number of rotatable bonds is 9. The molecule has 0 aromatic rings. The van der Waals surface area contributed by atoms with Crippen molar-refractivity contribution in [3.8, 4) is 0 Å². The van der Waals surface area contributed by atoms with Crippen LogP contribution in [0.1, 0.15) is 26.2 Å². The molecule has 0 aliphatic heterocycles. The fraction of sp³-hybridized carbons (Fsp3) is 1.00. The average Bonchev–Trinajstić information content (AvgIpc) is 2.98. The Balaban J connectivity index is 1.79. The van der Waals surface area contributed by atoms with Crippen LogP contribution in [0.15, 0.2) is 0 Å². The summed E-state index contributed by atoms with van der Waals surface area (Å²) >= 11 is 2.05. The third-order valence-corrected chi connectivity index (χ3v) is 3.75. The molecule has 0 bridgehead atoms. The third-order valence-electron chi connectivity index (χ3n) is 2.37. The molecule has 1 N–H and O–H groups in total. The number of hydrogen-bond donors (Lipinski definition) is 1. The Morgan fingerprint density at radius 3 is 2.93 bits per heavy atom. The molecular formula is C11H23NOS. The maximum absolute atomic E-state index is 5.01. The van der Waals surface area contributed by atoms with Gasteiger partial charge in [0.25, 0.3) is 0 Å². The number of ether oxygens (including phenoxy) is 1. The second-order valence-corrected chi connectivity index (χ2v) is 5.36. The molecule has 14 heavy (non-hydrogen) atoms. The molecule has 1 aliphatic rings. The zero-order valence-electron chi connectivity index (χ0n) is 9.42. The molecule has 84 valence electrons. The molecule has 0 saturated heterocycles. The lowest BCUT2D eigenvalue weighted by Crippen LogP contribution is -2.24. The van der Waals surface area contributed by atoms with Gasteiger partial charge in [0, 0.05) is 19.8 Å². The molecule has 1 atom stereocenters. The van der Waals surface area contributed by atoms with Crippen LogP contribution in [-0.2, 0) is 4.74 Å². The topological polar surface area (TPSA) is 21.3 Å². The van der Waals surface area contributed by atoms with Gasteiger partial charge in [-0.05, 0) is 43.2 Å². The van der Waals surface area contributed by atoms with Gasteiger partial charge in [0.2, 0.25) is 0 Å². The predicted molar refractivity (Wildman–Crippen MR) is 64.0 cm³/mol. The SMILES string of the molecule is COCCCSCC(C)CNC1CC1. The van der Waals surface area contributed by atoms with Crippen LogP contribution in [0.5, 0.6) is 0 Å². The molecule has 2 nitrogen and oxygen atoms in total. The summed E-state index contributed by atoms with van der Waals surface area (Å²) in [4.78, 5) is 0. The molecule has 3 heteroatoms. The summed E-state index contributed by atoms with van der Waals surface area (Å²) in [5.41, 5.74) is 0. The molecule has 1 fully saturated rings. The van der Waals surface area contributed by atoms with E-state index in [1.54, 1.807) is 7.11 Å². The van der Waals surface area contributed by atoms with E-state index in [0.717, 1.165) is 18.6 Å². The van der Waals surface area contributed by atoms with Crippen LogP contribution in [-0.4, -0.2) is 37.8 Å². The van der Waals surface area contributed by atoms with Crippen molar-refractivity contribution in [2.24, 2.45) is 5.92 Å². The molecule has 0 aromatic heterocycles. The van der Waals surface area contributed by atoms with Crippen molar-refractivity contribution in [1.82, 2.24) is 5.32 Å². The Kier molecular flexibility index (Phi) is 6.65. The van der Waals surface area contributed by atoms with E-state index >= 15 is 0 Å². The molecular weight excluding hydrogens is 194 g/mol. The summed E-state index contributed by atoms with van der Waals surface area (Å²) in [6.45, 7) is 4.43. The van der Waals surface area contributed by atoms with Gasteiger partial charge in [-0.15, -0.1) is 0 Å². The predicted octanol–water partition coefficient (Wildman–Crippen LogP) is 2.14. The maximum Gasteiger partial charge on any atom is 0.0470 e. The first-order valence-corrected chi connectivity index (χ1v) is 6.78. The Hall–Kier alpha value is 0.270. The quantitative estimate of drug-likeness (QED) is 0.598. The molecule has 0 aromatic carbocycles. The van der Waals surface area contributed by atoms with Crippen LogP contribution in [0, 0.1) is 5.92 Å². The maximum atomic E-state index is 5.01. The van der Waals surface area contributed by atoms with Gasteiger partial charge in [-0.1, -0.05) is 6.92 Å². The van der Waals surface area contributed by atoms with E-state index < -0.39 is 0 Å². The van der Waals surface area contributed by atoms with Crippen molar-refractivity contribution in [3.05, 3.63) is 0 Å². The van der Waals surface area contributed by atoms with Crippen molar-refractivity contribution in [2.45, 2.75) is 32.2 Å². The summed E-state index contributed by atoms with van der Waals surface area (Å²) in [5, 5.41) is 3.57. The summed E-state index contributed by atoms with van der Waals surface area (Å²) in [5.74, 6) is 3.33. The number of hydrogen-bond acceptors (Lipinski definition) is 3. The Bertz CT molecular complexity index is 139. The van der Waals surface area contributed by atoms with Crippen LogP contribution in [0.3, 0.4) is 0 Å². The minimum atomic E-state index is 0.808. The van der Waals surface area contributed by atoms with Crippen molar-refractivity contribution in [1.29, 1.82) is 0 Å². The van der Waals surface area contributed by atoms with Crippen molar-refractivity contribution in [2.75, 3.05) is 31.8 Å². The lowest BCUT2D eigenvalue weighted by atomic mass is 10.2. The standard InChI is InChI=1S/C11H23NOS/c1-10(8-12-11-4-5-11)9-14-7-3-6-13-2/h10-12H,3-9H2,1-2H3. The van der Waals surface area contributed by atoms with E-state index in [4.69, 9.17) is 4.74 Å². The lowest BCUT2D eigenvalue weighted by molar-refractivity contribution is 0.200. The highest BCUT2D eigenvalue weighted by Crippen LogP contribution is 2.19. The van der Waals surface area contributed by atoms with Crippen molar-refractivity contribution >= 4 is 11.8 Å². The minimum Gasteiger partial charge on any atom is -0.385 e. The summed E-state index contributed by atoms with van der Waals surface area (Å²) in [6.07, 6.45) is 3.98. The highest BCUT2D eigenvalue weighted by atomic mass is 32.2. The molecule has 0 spiro atoms. The molecule has 1 saturated carbocycles. The van der Waals surface area contributed by atoms with E-state index in [2.05, 4.69) is 24.0 Å². The van der Waals surface area contributed by atoms with E-state index in [1.807, 2.05) is 0 Å². The lowest BCUT2D eigenvalue weighted by Gasteiger charge is -2.11. The molecule has 1 rings (SSSR count). The van der Waals surface area contributed by atoms with Gasteiger partial charge in [0.1, 0.15) is 0 Å². The third kappa shape index (κ3) is 6.68. The van der Waals surface area contributed by atoms with E-state index in [-0.39, 0.29) is 0 Å².